The molecule has 32 heavy (non-hydrogen) atoms. The third-order valence-corrected chi connectivity index (χ3v) is 6.57. The van der Waals surface area contributed by atoms with Crippen molar-refractivity contribution in [3.63, 3.8) is 0 Å². The highest BCUT2D eigenvalue weighted by atomic mass is 35.5. The third kappa shape index (κ3) is 3.06. The first-order valence-electron chi connectivity index (χ1n) is 9.66. The first-order valence-corrected chi connectivity index (χ1v) is 10.9. The smallest absolute Gasteiger partial charge is 0.297 e. The fourth-order valence-corrected chi connectivity index (χ4v) is 4.94. The molecule has 1 aliphatic heterocycles. The van der Waals surface area contributed by atoms with Crippen LogP contribution in [0.3, 0.4) is 0 Å². The molecule has 1 atom stereocenters. The van der Waals surface area contributed by atoms with Crippen molar-refractivity contribution in [3.8, 4) is 11.5 Å². The average molecular weight is 469 g/mol. The maximum absolute atomic E-state index is 13.7. The van der Waals surface area contributed by atoms with Crippen molar-refractivity contribution >= 4 is 44.9 Å². The second-order valence-electron chi connectivity index (χ2n) is 7.27. The number of fused-ring (bicyclic) bond motifs is 2. The van der Waals surface area contributed by atoms with Crippen LogP contribution in [0.4, 0.5) is 5.13 Å². The lowest BCUT2D eigenvalue weighted by atomic mass is 9.97. The minimum absolute atomic E-state index is 0.0208. The highest BCUT2D eigenvalue weighted by Gasteiger charge is 2.46. The van der Waals surface area contributed by atoms with Gasteiger partial charge in [-0.15, -0.1) is 11.3 Å². The number of hydrogen-bond acceptors (Lipinski definition) is 7. The Morgan fingerprint density at radius 2 is 1.94 bits per heavy atom. The molecule has 7 nitrogen and oxygen atoms in total. The monoisotopic (exact) mass is 468 g/mol. The summed E-state index contributed by atoms with van der Waals surface area (Å²) in [6, 6.07) is 9.17. The van der Waals surface area contributed by atoms with E-state index in [0.717, 1.165) is 5.69 Å². The minimum atomic E-state index is -0.812. The van der Waals surface area contributed by atoms with Gasteiger partial charge in [0, 0.05) is 16.0 Å². The molecule has 0 radical (unpaired) electrons. The summed E-state index contributed by atoms with van der Waals surface area (Å²) >= 11 is 7.45. The fourth-order valence-electron chi connectivity index (χ4n) is 3.94. The number of thiazole rings is 1. The van der Waals surface area contributed by atoms with Gasteiger partial charge in [0.25, 0.3) is 5.91 Å². The lowest BCUT2D eigenvalue weighted by Crippen LogP contribution is -2.29. The molecule has 0 aliphatic carbocycles. The van der Waals surface area contributed by atoms with E-state index in [0.29, 0.717) is 38.2 Å². The Hall–Kier alpha value is -3.36. The molecule has 1 amide bonds. The Labute approximate surface area is 191 Å². The molecule has 2 aromatic carbocycles. The molecule has 4 aromatic rings. The van der Waals surface area contributed by atoms with E-state index in [1.165, 1.54) is 23.3 Å². The Morgan fingerprint density at radius 3 is 2.62 bits per heavy atom. The predicted molar refractivity (Wildman–Crippen MR) is 123 cm³/mol. The van der Waals surface area contributed by atoms with E-state index in [-0.39, 0.29) is 16.8 Å². The van der Waals surface area contributed by atoms with Crippen LogP contribution in [0.1, 0.15) is 33.4 Å². The van der Waals surface area contributed by atoms with Gasteiger partial charge in [-0.3, -0.25) is 14.5 Å². The number of methoxy groups -OCH3 is 2. The molecule has 0 saturated heterocycles. The Balaban J connectivity index is 1.86. The van der Waals surface area contributed by atoms with Crippen LogP contribution < -0.4 is 19.8 Å². The van der Waals surface area contributed by atoms with E-state index in [1.807, 2.05) is 12.3 Å². The number of amides is 1. The molecular weight excluding hydrogens is 452 g/mol. The average Bonchev–Trinajstić information content (AvgIpc) is 3.34. The minimum Gasteiger partial charge on any atom is -0.497 e. The zero-order chi connectivity index (χ0) is 22.6. The van der Waals surface area contributed by atoms with Crippen molar-refractivity contribution in [3.05, 3.63) is 79.6 Å². The van der Waals surface area contributed by atoms with E-state index < -0.39 is 11.9 Å². The van der Waals surface area contributed by atoms with Crippen molar-refractivity contribution in [2.45, 2.75) is 13.0 Å². The maximum Gasteiger partial charge on any atom is 0.297 e. The second kappa shape index (κ2) is 7.65. The number of anilines is 1. The van der Waals surface area contributed by atoms with Crippen LogP contribution in [-0.4, -0.2) is 25.1 Å². The van der Waals surface area contributed by atoms with Crippen LogP contribution in [0.5, 0.6) is 11.5 Å². The van der Waals surface area contributed by atoms with Gasteiger partial charge in [-0.1, -0.05) is 11.6 Å². The van der Waals surface area contributed by atoms with Crippen LogP contribution >= 0.6 is 22.9 Å². The number of rotatable bonds is 4. The van der Waals surface area contributed by atoms with E-state index in [9.17, 15) is 9.59 Å². The number of carbonyl (C=O) groups excluding carboxylic acids is 1. The summed E-state index contributed by atoms with van der Waals surface area (Å²) in [5.74, 6) is 0.594. The molecule has 0 bridgehead atoms. The molecule has 0 unspecified atom stereocenters. The Bertz CT molecular complexity index is 1440. The summed E-state index contributed by atoms with van der Waals surface area (Å²) in [7, 11) is 3.08. The van der Waals surface area contributed by atoms with Gasteiger partial charge in [-0.05, 0) is 43.3 Å². The van der Waals surface area contributed by atoms with Crippen LogP contribution in [0.25, 0.3) is 11.0 Å². The highest BCUT2D eigenvalue weighted by molar-refractivity contribution is 7.14. The molecule has 5 rings (SSSR count). The van der Waals surface area contributed by atoms with Crippen LogP contribution in [0.15, 0.2) is 51.0 Å². The number of aromatic nitrogens is 1. The van der Waals surface area contributed by atoms with Crippen molar-refractivity contribution in [1.82, 2.24) is 4.98 Å². The molecule has 2 aromatic heterocycles. The summed E-state index contributed by atoms with van der Waals surface area (Å²) in [5.41, 5.74) is 1.52. The second-order valence-corrected chi connectivity index (χ2v) is 8.54. The van der Waals surface area contributed by atoms with E-state index >= 15 is 0 Å². The van der Waals surface area contributed by atoms with Crippen molar-refractivity contribution in [2.75, 3.05) is 19.1 Å². The van der Waals surface area contributed by atoms with Crippen LogP contribution in [0.2, 0.25) is 5.02 Å². The van der Waals surface area contributed by atoms with Gasteiger partial charge < -0.3 is 13.9 Å². The Morgan fingerprint density at radius 1 is 1.12 bits per heavy atom. The number of nitrogens with zero attached hydrogens (tertiary/aromatic N) is 2. The predicted octanol–water partition coefficient (Wildman–Crippen LogP) is 4.98. The van der Waals surface area contributed by atoms with Crippen molar-refractivity contribution < 1.29 is 18.7 Å². The van der Waals surface area contributed by atoms with Gasteiger partial charge >= 0.3 is 0 Å². The molecule has 9 heteroatoms. The quantitative estimate of drug-likeness (QED) is 0.420. The zero-order valence-electron chi connectivity index (χ0n) is 17.3. The van der Waals surface area contributed by atoms with Gasteiger partial charge in [0.05, 0.1) is 30.9 Å². The van der Waals surface area contributed by atoms with E-state index in [1.54, 1.807) is 43.5 Å². The van der Waals surface area contributed by atoms with Gasteiger partial charge in [-0.25, -0.2) is 4.98 Å². The summed E-state index contributed by atoms with van der Waals surface area (Å²) in [5, 5.41) is 3.00. The largest absolute Gasteiger partial charge is 0.497 e. The summed E-state index contributed by atoms with van der Waals surface area (Å²) in [4.78, 5) is 33.2. The number of aryl methyl sites for hydroxylation is 1. The first-order chi connectivity index (χ1) is 15.4. The first kappa shape index (κ1) is 20.5. The van der Waals surface area contributed by atoms with Crippen molar-refractivity contribution in [1.29, 1.82) is 0 Å². The fraction of sp³-hybridized carbons (Fsp3) is 0.174. The Kier molecular flexibility index (Phi) is 4.91. The van der Waals surface area contributed by atoms with Crippen LogP contribution in [0, 0.1) is 6.92 Å². The SMILES string of the molecule is COc1ccc(OC)c([C@@H]2c3c(oc4ccc(Cl)cc4c3=O)C(=O)N2c2nc(C)cs2)c1. The molecule has 1 aliphatic rings. The standard InChI is InChI=1S/C23H17ClN2O5S/c1-11-10-32-23(25-11)26-19(14-9-13(29-2)5-7-16(14)30-3)18-20(27)15-8-12(24)4-6-17(15)31-21(18)22(26)28/h4-10,19H,1-3H3/t19-/m1/s1. The molecule has 0 saturated carbocycles. The lowest BCUT2D eigenvalue weighted by Gasteiger charge is -2.24. The molecule has 0 fully saturated rings. The highest BCUT2D eigenvalue weighted by Crippen LogP contribution is 2.45. The van der Waals surface area contributed by atoms with Crippen molar-refractivity contribution in [2.24, 2.45) is 0 Å². The molecule has 162 valence electrons. The number of halogens is 1. The third-order valence-electron chi connectivity index (χ3n) is 5.38. The number of ether oxygens (including phenoxy) is 2. The molecule has 0 N–H and O–H groups in total. The number of carbonyl (C=O) groups is 1. The van der Waals surface area contributed by atoms with Gasteiger partial charge in [0.2, 0.25) is 5.76 Å². The summed E-state index contributed by atoms with van der Waals surface area (Å²) < 4.78 is 16.9. The number of hydrogen-bond donors (Lipinski definition) is 0. The zero-order valence-corrected chi connectivity index (χ0v) is 18.9. The normalized spacial score (nSPS) is 15.3. The van der Waals surface area contributed by atoms with Gasteiger partial charge in [-0.2, -0.15) is 0 Å². The van der Waals surface area contributed by atoms with Gasteiger partial charge in [0.15, 0.2) is 10.6 Å². The number of benzene rings is 2. The lowest BCUT2D eigenvalue weighted by molar-refractivity contribution is 0.0970. The molecule has 0 spiro atoms. The molecular formula is C23H17ClN2O5S. The maximum atomic E-state index is 13.7. The van der Waals surface area contributed by atoms with Gasteiger partial charge in [0.1, 0.15) is 23.1 Å². The topological polar surface area (TPSA) is 81.9 Å². The summed E-state index contributed by atoms with van der Waals surface area (Å²) in [6.07, 6.45) is 0. The van der Waals surface area contributed by atoms with E-state index in [2.05, 4.69) is 4.98 Å². The van der Waals surface area contributed by atoms with Crippen LogP contribution in [-0.2, 0) is 0 Å². The molecule has 3 heterocycles. The van der Waals surface area contributed by atoms with E-state index in [4.69, 9.17) is 25.5 Å². The summed E-state index contributed by atoms with van der Waals surface area (Å²) in [6.45, 7) is 1.84.